The van der Waals surface area contributed by atoms with Gasteiger partial charge in [0.2, 0.25) is 5.95 Å². The molecule has 0 amide bonds. The van der Waals surface area contributed by atoms with E-state index in [2.05, 4.69) is 49.7 Å². The highest BCUT2D eigenvalue weighted by atomic mass is 16.5. The number of methoxy groups -OCH3 is 2. The van der Waals surface area contributed by atoms with Crippen LogP contribution in [0.3, 0.4) is 0 Å². The van der Waals surface area contributed by atoms with Crippen LogP contribution in [-0.2, 0) is 6.42 Å². The number of hydrogen-bond acceptors (Lipinski definition) is 7. The largest absolute Gasteiger partial charge is 0.496 e. The summed E-state index contributed by atoms with van der Waals surface area (Å²) in [4.78, 5) is 7.03. The van der Waals surface area contributed by atoms with Crippen LogP contribution in [-0.4, -0.2) is 49.0 Å². The van der Waals surface area contributed by atoms with Gasteiger partial charge in [-0.05, 0) is 36.6 Å². The fraction of sp³-hybridized carbons (Fsp3) is 0.318. The molecule has 150 valence electrons. The number of aryl methyl sites for hydroxylation is 1. The van der Waals surface area contributed by atoms with Crippen LogP contribution in [0.25, 0.3) is 11.3 Å². The summed E-state index contributed by atoms with van der Waals surface area (Å²) in [6.07, 6.45) is 3.94. The minimum absolute atomic E-state index is 0.487. The number of rotatable bonds is 7. The second-order valence-electron chi connectivity index (χ2n) is 6.85. The molecule has 1 aliphatic heterocycles. The lowest BCUT2D eigenvalue weighted by atomic mass is 10.0. The third kappa shape index (κ3) is 4.08. The molecule has 1 aromatic heterocycles. The average Bonchev–Trinajstić information content (AvgIpc) is 2.79. The van der Waals surface area contributed by atoms with E-state index < -0.39 is 0 Å². The molecule has 0 saturated heterocycles. The molecular weight excluding hydrogens is 366 g/mol. The van der Waals surface area contributed by atoms with Crippen LogP contribution >= 0.6 is 0 Å². The monoisotopic (exact) mass is 391 g/mol. The van der Waals surface area contributed by atoms with E-state index in [1.807, 2.05) is 18.2 Å². The molecule has 7 heteroatoms. The first-order valence-corrected chi connectivity index (χ1v) is 9.78. The Morgan fingerprint density at radius 1 is 1.03 bits per heavy atom. The maximum atomic E-state index is 5.48. The second kappa shape index (κ2) is 8.77. The molecule has 4 rings (SSSR count). The number of ether oxygens (including phenoxy) is 2. The van der Waals surface area contributed by atoms with Crippen LogP contribution in [0.2, 0.25) is 0 Å². The van der Waals surface area contributed by atoms with Crippen molar-refractivity contribution in [1.29, 1.82) is 0 Å². The van der Waals surface area contributed by atoms with Crippen LogP contribution < -0.4 is 19.7 Å². The van der Waals surface area contributed by atoms with Crippen molar-refractivity contribution in [1.82, 2.24) is 15.2 Å². The van der Waals surface area contributed by atoms with Crippen molar-refractivity contribution in [2.45, 2.75) is 12.8 Å². The van der Waals surface area contributed by atoms with Crippen molar-refractivity contribution in [2.24, 2.45) is 0 Å². The molecule has 0 radical (unpaired) electrons. The highest BCUT2D eigenvalue weighted by Gasteiger charge is 2.17. The summed E-state index contributed by atoms with van der Waals surface area (Å²) < 4.78 is 11.0. The Bertz CT molecular complexity index is 957. The third-order valence-corrected chi connectivity index (χ3v) is 5.11. The predicted octanol–water partition coefficient (Wildman–Crippen LogP) is 3.42. The molecule has 0 bridgehead atoms. The lowest BCUT2D eigenvalue weighted by molar-refractivity contribution is 0.397. The zero-order chi connectivity index (χ0) is 20.1. The van der Waals surface area contributed by atoms with Gasteiger partial charge >= 0.3 is 0 Å². The van der Waals surface area contributed by atoms with Gasteiger partial charge in [-0.3, -0.25) is 0 Å². The van der Waals surface area contributed by atoms with Crippen LogP contribution in [0.4, 0.5) is 11.6 Å². The molecule has 1 aliphatic rings. The molecule has 0 fully saturated rings. The van der Waals surface area contributed by atoms with Crippen LogP contribution in [0.5, 0.6) is 11.5 Å². The van der Waals surface area contributed by atoms with Crippen molar-refractivity contribution in [3.63, 3.8) is 0 Å². The lowest BCUT2D eigenvalue weighted by Gasteiger charge is -2.31. The molecule has 0 spiro atoms. The molecule has 7 nitrogen and oxygen atoms in total. The van der Waals surface area contributed by atoms with E-state index in [-0.39, 0.29) is 0 Å². The Labute approximate surface area is 170 Å². The highest BCUT2D eigenvalue weighted by Crippen LogP contribution is 2.37. The molecule has 0 atom stereocenters. The molecule has 3 aromatic rings. The summed E-state index contributed by atoms with van der Waals surface area (Å²) in [7, 11) is 3.25. The number of nitrogens with one attached hydrogen (secondary N) is 1. The number of fused-ring (bicyclic) bond motifs is 1. The quantitative estimate of drug-likeness (QED) is 0.661. The fourth-order valence-electron chi connectivity index (χ4n) is 3.75. The summed E-state index contributed by atoms with van der Waals surface area (Å²) in [6.45, 7) is 2.67. The van der Waals surface area contributed by atoms with Gasteiger partial charge in [-0.2, -0.15) is 5.10 Å². The van der Waals surface area contributed by atoms with Gasteiger partial charge in [0.1, 0.15) is 17.2 Å². The van der Waals surface area contributed by atoms with E-state index in [4.69, 9.17) is 9.47 Å². The standard InChI is InChI=1S/C22H25N5O2/c1-28-19-10-5-11-20(29-2)21(19)17-15-24-26-22(25-17)23-12-14-27-13-6-8-16-7-3-4-9-18(16)27/h3-5,7,9-11,15H,6,8,12-14H2,1-2H3,(H,23,25,26). The molecule has 1 N–H and O–H groups in total. The Hall–Kier alpha value is -3.35. The van der Waals surface area contributed by atoms with Gasteiger partial charge in [-0.25, -0.2) is 4.98 Å². The summed E-state index contributed by atoms with van der Waals surface area (Å²) in [5.41, 5.74) is 4.16. The van der Waals surface area contributed by atoms with Crippen molar-refractivity contribution >= 4 is 11.6 Å². The minimum Gasteiger partial charge on any atom is -0.496 e. The number of anilines is 2. The molecule has 2 heterocycles. The van der Waals surface area contributed by atoms with Gasteiger partial charge in [0, 0.05) is 25.3 Å². The number of para-hydroxylation sites is 1. The van der Waals surface area contributed by atoms with Gasteiger partial charge in [0.15, 0.2) is 0 Å². The number of benzene rings is 2. The zero-order valence-electron chi connectivity index (χ0n) is 16.8. The normalized spacial score (nSPS) is 13.0. The Morgan fingerprint density at radius 2 is 1.83 bits per heavy atom. The summed E-state index contributed by atoms with van der Waals surface area (Å²) in [6, 6.07) is 14.2. The van der Waals surface area contributed by atoms with Gasteiger partial charge in [0.05, 0.1) is 26.0 Å². The van der Waals surface area contributed by atoms with E-state index in [0.717, 1.165) is 31.6 Å². The Morgan fingerprint density at radius 3 is 2.62 bits per heavy atom. The number of hydrogen-bond donors (Lipinski definition) is 1. The summed E-state index contributed by atoms with van der Waals surface area (Å²) in [5.74, 6) is 1.85. The first-order valence-electron chi connectivity index (χ1n) is 9.78. The first kappa shape index (κ1) is 19.0. The van der Waals surface area contributed by atoms with Gasteiger partial charge < -0.3 is 19.7 Å². The molecule has 29 heavy (non-hydrogen) atoms. The SMILES string of the molecule is COc1cccc(OC)c1-c1cnnc(NCCN2CCCc3ccccc32)n1. The third-order valence-electron chi connectivity index (χ3n) is 5.11. The molecule has 0 aliphatic carbocycles. The van der Waals surface area contributed by atoms with E-state index in [9.17, 15) is 0 Å². The lowest BCUT2D eigenvalue weighted by Crippen LogP contribution is -2.33. The maximum absolute atomic E-state index is 5.48. The highest BCUT2D eigenvalue weighted by molar-refractivity contribution is 5.74. The van der Waals surface area contributed by atoms with Crippen molar-refractivity contribution < 1.29 is 9.47 Å². The number of aromatic nitrogens is 3. The first-order chi connectivity index (χ1) is 14.3. The predicted molar refractivity (Wildman–Crippen MR) is 114 cm³/mol. The van der Waals surface area contributed by atoms with Gasteiger partial charge in [-0.1, -0.05) is 24.3 Å². The Kier molecular flexibility index (Phi) is 5.74. The molecule has 0 saturated carbocycles. The van der Waals surface area contributed by atoms with Gasteiger partial charge in [0.25, 0.3) is 0 Å². The zero-order valence-corrected chi connectivity index (χ0v) is 16.8. The fourth-order valence-corrected chi connectivity index (χ4v) is 3.75. The van der Waals surface area contributed by atoms with E-state index >= 15 is 0 Å². The average molecular weight is 391 g/mol. The summed E-state index contributed by atoms with van der Waals surface area (Å²) in [5, 5.41) is 11.5. The molecule has 2 aromatic carbocycles. The Balaban J connectivity index is 1.47. The number of nitrogens with zero attached hydrogens (tertiary/aromatic N) is 4. The smallest absolute Gasteiger partial charge is 0.243 e. The van der Waals surface area contributed by atoms with E-state index in [1.54, 1.807) is 20.4 Å². The van der Waals surface area contributed by atoms with Crippen LogP contribution in [0.15, 0.2) is 48.7 Å². The van der Waals surface area contributed by atoms with E-state index in [0.29, 0.717) is 23.1 Å². The second-order valence-corrected chi connectivity index (χ2v) is 6.85. The van der Waals surface area contributed by atoms with Crippen molar-refractivity contribution in [3.8, 4) is 22.8 Å². The topological polar surface area (TPSA) is 72.4 Å². The summed E-state index contributed by atoms with van der Waals surface area (Å²) >= 11 is 0. The van der Waals surface area contributed by atoms with Gasteiger partial charge in [-0.15, -0.1) is 5.10 Å². The van der Waals surface area contributed by atoms with Crippen LogP contribution in [0, 0.1) is 0 Å². The van der Waals surface area contributed by atoms with Crippen molar-refractivity contribution in [2.75, 3.05) is 44.1 Å². The van der Waals surface area contributed by atoms with Crippen molar-refractivity contribution in [3.05, 3.63) is 54.2 Å². The van der Waals surface area contributed by atoms with E-state index in [1.165, 1.54) is 17.7 Å². The minimum atomic E-state index is 0.487. The molecular formula is C22H25N5O2. The maximum Gasteiger partial charge on any atom is 0.243 e. The molecule has 0 unspecified atom stereocenters. The van der Waals surface area contributed by atoms with Crippen LogP contribution in [0.1, 0.15) is 12.0 Å².